The number of pyridine rings is 1. The number of benzene rings is 2. The summed E-state index contributed by atoms with van der Waals surface area (Å²) in [5.74, 6) is 0.570. The summed E-state index contributed by atoms with van der Waals surface area (Å²) >= 11 is 0. The van der Waals surface area contributed by atoms with Crippen LogP contribution in [0.5, 0.6) is 0 Å². The van der Waals surface area contributed by atoms with Crippen LogP contribution >= 0.6 is 0 Å². The third-order valence-corrected chi connectivity index (χ3v) is 7.61. The Balaban J connectivity index is 1.54. The SMILES string of the molecule is CC[C@@H](c1nnnn1C1CCCCC1)N(Cc1ccc(F)cc1)Cc1cc2cc(C)cc(C)c2[nH]c1=O. The topological polar surface area (TPSA) is 79.7 Å². The lowest BCUT2D eigenvalue weighted by molar-refractivity contribution is 0.155. The molecule has 2 aromatic carbocycles. The zero-order chi connectivity index (χ0) is 25.9. The molecule has 0 aliphatic heterocycles. The van der Waals surface area contributed by atoms with Crippen molar-refractivity contribution in [2.24, 2.45) is 0 Å². The molecule has 1 aliphatic carbocycles. The Labute approximate surface area is 216 Å². The number of nitrogens with one attached hydrogen (secondary N) is 1. The molecule has 4 aromatic rings. The number of nitrogens with zero attached hydrogens (tertiary/aromatic N) is 5. The predicted octanol–water partition coefficient (Wildman–Crippen LogP) is 5.93. The minimum Gasteiger partial charge on any atom is -0.321 e. The molecule has 0 saturated heterocycles. The van der Waals surface area contributed by atoms with Crippen LogP contribution in [-0.2, 0) is 13.1 Å². The molecule has 8 heteroatoms. The van der Waals surface area contributed by atoms with E-state index in [2.05, 4.69) is 51.4 Å². The molecule has 7 nitrogen and oxygen atoms in total. The Morgan fingerprint density at radius 1 is 1.08 bits per heavy atom. The monoisotopic (exact) mass is 502 g/mol. The maximum Gasteiger partial charge on any atom is 0.252 e. The van der Waals surface area contributed by atoms with Gasteiger partial charge in [0.05, 0.1) is 17.6 Å². The Bertz CT molecular complexity index is 1420. The number of fused-ring (bicyclic) bond motifs is 1. The van der Waals surface area contributed by atoms with E-state index in [-0.39, 0.29) is 17.4 Å². The van der Waals surface area contributed by atoms with E-state index in [1.807, 2.05) is 17.7 Å². The Morgan fingerprint density at radius 2 is 1.84 bits per heavy atom. The molecular formula is C29H35FN6O. The first kappa shape index (κ1) is 25.3. The lowest BCUT2D eigenvalue weighted by Crippen LogP contribution is -2.33. The molecular weight excluding hydrogens is 467 g/mol. The van der Waals surface area contributed by atoms with Crippen molar-refractivity contribution in [1.82, 2.24) is 30.1 Å². The maximum atomic E-state index is 13.7. The van der Waals surface area contributed by atoms with E-state index in [0.717, 1.165) is 52.7 Å². The van der Waals surface area contributed by atoms with Crippen molar-refractivity contribution in [3.05, 3.63) is 86.7 Å². The van der Waals surface area contributed by atoms with Gasteiger partial charge in [-0.15, -0.1) is 5.10 Å². The first-order chi connectivity index (χ1) is 17.9. The zero-order valence-electron chi connectivity index (χ0n) is 21.9. The van der Waals surface area contributed by atoms with E-state index in [1.165, 1.54) is 31.4 Å². The number of aromatic amines is 1. The third-order valence-electron chi connectivity index (χ3n) is 7.61. The van der Waals surface area contributed by atoms with Crippen molar-refractivity contribution in [2.45, 2.75) is 84.5 Å². The fraction of sp³-hybridized carbons (Fsp3) is 0.448. The third kappa shape index (κ3) is 5.49. The van der Waals surface area contributed by atoms with Crippen LogP contribution in [0.1, 0.15) is 85.6 Å². The van der Waals surface area contributed by atoms with E-state index in [9.17, 15) is 9.18 Å². The van der Waals surface area contributed by atoms with Crippen LogP contribution in [-0.4, -0.2) is 30.1 Å². The fourth-order valence-corrected chi connectivity index (χ4v) is 5.78. The summed E-state index contributed by atoms with van der Waals surface area (Å²) in [5, 5.41) is 14.0. The molecule has 0 spiro atoms. The molecule has 1 aliphatic rings. The van der Waals surface area contributed by atoms with E-state index in [1.54, 1.807) is 12.1 Å². The number of rotatable bonds is 8. The Morgan fingerprint density at radius 3 is 2.57 bits per heavy atom. The van der Waals surface area contributed by atoms with Gasteiger partial charge in [0.15, 0.2) is 5.82 Å². The van der Waals surface area contributed by atoms with Gasteiger partial charge in [-0.3, -0.25) is 9.69 Å². The maximum absolute atomic E-state index is 13.7. The quantitative estimate of drug-likeness (QED) is 0.323. The van der Waals surface area contributed by atoms with Crippen LogP contribution in [0.15, 0.2) is 47.3 Å². The van der Waals surface area contributed by atoms with E-state index >= 15 is 0 Å². The number of aryl methyl sites for hydroxylation is 2. The van der Waals surface area contributed by atoms with Crippen molar-refractivity contribution >= 4 is 10.9 Å². The van der Waals surface area contributed by atoms with Gasteiger partial charge in [0.2, 0.25) is 0 Å². The van der Waals surface area contributed by atoms with E-state index in [0.29, 0.717) is 24.7 Å². The number of hydrogen-bond acceptors (Lipinski definition) is 5. The summed E-state index contributed by atoms with van der Waals surface area (Å²) in [7, 11) is 0. The molecule has 1 fully saturated rings. The van der Waals surface area contributed by atoms with Crippen molar-refractivity contribution in [1.29, 1.82) is 0 Å². The lowest BCUT2D eigenvalue weighted by Gasteiger charge is -2.32. The van der Waals surface area contributed by atoms with Crippen LogP contribution in [0.2, 0.25) is 0 Å². The molecule has 1 saturated carbocycles. The normalized spacial score (nSPS) is 15.5. The number of H-pyrrole nitrogens is 1. The zero-order valence-corrected chi connectivity index (χ0v) is 21.9. The molecule has 194 valence electrons. The molecule has 1 atom stereocenters. The van der Waals surface area contributed by atoms with Crippen molar-refractivity contribution in [2.75, 3.05) is 0 Å². The fourth-order valence-electron chi connectivity index (χ4n) is 5.78. The molecule has 0 radical (unpaired) electrons. The smallest absolute Gasteiger partial charge is 0.252 e. The molecule has 37 heavy (non-hydrogen) atoms. The summed E-state index contributed by atoms with van der Waals surface area (Å²) in [5.41, 5.74) is 4.65. The van der Waals surface area contributed by atoms with Gasteiger partial charge >= 0.3 is 0 Å². The number of halogens is 1. The second kappa shape index (κ2) is 10.9. The van der Waals surface area contributed by atoms with Crippen LogP contribution < -0.4 is 5.56 Å². The molecule has 0 bridgehead atoms. The van der Waals surface area contributed by atoms with Gasteiger partial charge in [0.25, 0.3) is 5.56 Å². The second-order valence-corrected chi connectivity index (χ2v) is 10.4. The standard InChI is InChI=1S/C29H35FN6O/c1-4-26(28-32-33-34-36(28)25-8-6-5-7-9-25)35(17-21-10-12-24(30)13-11-21)18-23-16-22-15-19(2)14-20(3)27(22)31-29(23)37/h10-16,25-26H,4-9,17-18H2,1-3H3,(H,31,37)/t26-/m0/s1. The summed E-state index contributed by atoms with van der Waals surface area (Å²) < 4.78 is 15.7. The summed E-state index contributed by atoms with van der Waals surface area (Å²) in [6, 6.07) is 13.0. The van der Waals surface area contributed by atoms with Gasteiger partial charge < -0.3 is 4.98 Å². The highest BCUT2D eigenvalue weighted by atomic mass is 19.1. The van der Waals surface area contributed by atoms with Gasteiger partial charge in [-0.1, -0.05) is 49.9 Å². The molecule has 2 aromatic heterocycles. The summed E-state index contributed by atoms with van der Waals surface area (Å²) in [6.45, 7) is 7.17. The largest absolute Gasteiger partial charge is 0.321 e. The Kier molecular flexibility index (Phi) is 7.46. The Hall–Kier alpha value is -3.39. The van der Waals surface area contributed by atoms with Crippen molar-refractivity contribution in [3.8, 4) is 0 Å². The molecule has 1 N–H and O–H groups in total. The van der Waals surface area contributed by atoms with Gasteiger partial charge in [0, 0.05) is 18.7 Å². The van der Waals surface area contributed by atoms with Crippen molar-refractivity contribution < 1.29 is 4.39 Å². The van der Waals surface area contributed by atoms with Crippen LogP contribution in [0.4, 0.5) is 4.39 Å². The average Bonchev–Trinajstić information content (AvgIpc) is 3.37. The molecule has 0 amide bonds. The van der Waals surface area contributed by atoms with E-state index < -0.39 is 0 Å². The highest BCUT2D eigenvalue weighted by Gasteiger charge is 2.29. The second-order valence-electron chi connectivity index (χ2n) is 10.4. The molecule has 2 heterocycles. The highest BCUT2D eigenvalue weighted by Crippen LogP contribution is 2.33. The summed E-state index contributed by atoms with van der Waals surface area (Å²) in [6.07, 6.45) is 6.56. The minimum absolute atomic E-state index is 0.0923. The van der Waals surface area contributed by atoms with Gasteiger partial charge in [-0.2, -0.15) is 0 Å². The molecule has 5 rings (SSSR count). The van der Waals surface area contributed by atoms with Crippen LogP contribution in [0, 0.1) is 19.7 Å². The van der Waals surface area contributed by atoms with Crippen molar-refractivity contribution in [3.63, 3.8) is 0 Å². The number of aromatic nitrogens is 5. The minimum atomic E-state index is -0.264. The van der Waals surface area contributed by atoms with Crippen LogP contribution in [0.3, 0.4) is 0 Å². The number of tetrazole rings is 1. The van der Waals surface area contributed by atoms with E-state index in [4.69, 9.17) is 0 Å². The molecule has 0 unspecified atom stereocenters. The number of hydrogen-bond donors (Lipinski definition) is 1. The van der Waals surface area contributed by atoms with Gasteiger partial charge in [-0.05, 0) is 84.3 Å². The lowest BCUT2D eigenvalue weighted by atomic mass is 9.95. The van der Waals surface area contributed by atoms with Crippen LogP contribution in [0.25, 0.3) is 10.9 Å². The highest BCUT2D eigenvalue weighted by molar-refractivity contribution is 5.82. The average molecular weight is 503 g/mol. The van der Waals surface area contributed by atoms with Gasteiger partial charge in [-0.25, -0.2) is 9.07 Å². The summed E-state index contributed by atoms with van der Waals surface area (Å²) in [4.78, 5) is 18.6. The van der Waals surface area contributed by atoms with Gasteiger partial charge in [0.1, 0.15) is 5.82 Å². The predicted molar refractivity (Wildman–Crippen MR) is 143 cm³/mol. The first-order valence-electron chi connectivity index (χ1n) is 13.3. The first-order valence-corrected chi connectivity index (χ1v) is 13.3.